The monoisotopic (exact) mass is 332 g/mol. The number of ether oxygens (including phenoxy) is 2. The molecule has 8 heteroatoms. The predicted molar refractivity (Wildman–Crippen MR) is 87.9 cm³/mol. The average Bonchev–Trinajstić information content (AvgIpc) is 3.06. The number of nitrogens with zero attached hydrogens (tertiary/aromatic N) is 3. The Labute approximate surface area is 137 Å². The van der Waals surface area contributed by atoms with Crippen molar-refractivity contribution >= 4 is 17.2 Å². The molecule has 1 aromatic carbocycles. The molecule has 0 spiro atoms. The highest BCUT2D eigenvalue weighted by atomic mass is 32.1. The highest BCUT2D eigenvalue weighted by Crippen LogP contribution is 2.27. The molecule has 7 nitrogen and oxygen atoms in total. The molecule has 0 saturated carbocycles. The molecule has 120 valence electrons. The number of rotatable bonds is 7. The Kier molecular flexibility index (Phi) is 5.85. The number of benzene rings is 1. The van der Waals surface area contributed by atoms with Gasteiger partial charge in [-0.2, -0.15) is 0 Å². The molecule has 1 heterocycles. The van der Waals surface area contributed by atoms with E-state index in [1.807, 2.05) is 12.1 Å². The number of methoxy groups -OCH3 is 2. The molecule has 0 aliphatic heterocycles. The van der Waals surface area contributed by atoms with Gasteiger partial charge in [0.1, 0.15) is 0 Å². The van der Waals surface area contributed by atoms with Crippen molar-refractivity contribution in [2.75, 3.05) is 14.2 Å². The molecule has 2 aromatic rings. The van der Waals surface area contributed by atoms with Crippen LogP contribution in [0.3, 0.4) is 0 Å². The lowest BCUT2D eigenvalue weighted by molar-refractivity contribution is 0.0955. The molecule has 0 saturated heterocycles. The lowest BCUT2D eigenvalue weighted by Gasteiger charge is -2.10. The molecular formula is C15H16N4O3S. The molecule has 23 heavy (non-hydrogen) atoms. The van der Waals surface area contributed by atoms with Crippen molar-refractivity contribution in [3.05, 3.63) is 56.1 Å². The van der Waals surface area contributed by atoms with E-state index >= 15 is 0 Å². The van der Waals surface area contributed by atoms with Crippen molar-refractivity contribution in [3.8, 4) is 11.5 Å². The number of carbonyl (C=O) groups is 1. The Hall–Kier alpha value is -2.70. The third-order valence-corrected chi connectivity index (χ3v) is 4.15. The molecule has 0 atom stereocenters. The second-order valence-electron chi connectivity index (χ2n) is 4.53. The van der Waals surface area contributed by atoms with E-state index in [1.54, 1.807) is 32.4 Å². The highest BCUT2D eigenvalue weighted by molar-refractivity contribution is 7.14. The van der Waals surface area contributed by atoms with E-state index in [4.69, 9.17) is 15.0 Å². The van der Waals surface area contributed by atoms with Crippen LogP contribution in [0.4, 0.5) is 0 Å². The molecule has 1 N–H and O–H groups in total. The maximum Gasteiger partial charge on any atom is 0.261 e. The summed E-state index contributed by atoms with van der Waals surface area (Å²) in [5, 5.41) is 6.32. The highest BCUT2D eigenvalue weighted by Gasteiger charge is 2.10. The fourth-order valence-corrected chi connectivity index (χ4v) is 2.79. The molecule has 2 rings (SSSR count). The van der Waals surface area contributed by atoms with Crippen molar-refractivity contribution in [2.24, 2.45) is 5.11 Å². The predicted octanol–water partition coefficient (Wildman–Crippen LogP) is 3.51. The van der Waals surface area contributed by atoms with Gasteiger partial charge in [0.2, 0.25) is 0 Å². The first kappa shape index (κ1) is 16.7. The Morgan fingerprint density at radius 1 is 1.26 bits per heavy atom. The maximum absolute atomic E-state index is 12.1. The van der Waals surface area contributed by atoms with Crippen molar-refractivity contribution in [2.45, 2.75) is 13.1 Å². The molecule has 0 fully saturated rings. The SMILES string of the molecule is COc1ccc(CNC(=O)c2ccc(CN=[N+]=[N-])s2)cc1OC. The van der Waals surface area contributed by atoms with Crippen LogP contribution in [0, 0.1) is 0 Å². The second-order valence-corrected chi connectivity index (χ2v) is 5.70. The van der Waals surface area contributed by atoms with Gasteiger partial charge in [-0.15, -0.1) is 11.3 Å². The molecule has 1 amide bonds. The topological polar surface area (TPSA) is 96.3 Å². The minimum atomic E-state index is -0.169. The van der Waals surface area contributed by atoms with Crippen molar-refractivity contribution < 1.29 is 14.3 Å². The maximum atomic E-state index is 12.1. The van der Waals surface area contributed by atoms with Gasteiger partial charge in [-0.05, 0) is 35.4 Å². The van der Waals surface area contributed by atoms with E-state index in [2.05, 4.69) is 15.3 Å². The fraction of sp³-hybridized carbons (Fsp3) is 0.267. The Balaban J connectivity index is 1.98. The largest absolute Gasteiger partial charge is 0.493 e. The summed E-state index contributed by atoms with van der Waals surface area (Å²) in [6, 6.07) is 8.98. The van der Waals surface area contributed by atoms with Gasteiger partial charge in [-0.25, -0.2) is 0 Å². The van der Waals surface area contributed by atoms with E-state index in [9.17, 15) is 4.79 Å². The second kappa shape index (κ2) is 8.07. The van der Waals surface area contributed by atoms with Crippen LogP contribution in [0.5, 0.6) is 11.5 Å². The first-order chi connectivity index (χ1) is 11.2. The zero-order valence-corrected chi connectivity index (χ0v) is 13.6. The van der Waals surface area contributed by atoms with Gasteiger partial charge < -0.3 is 14.8 Å². The van der Waals surface area contributed by atoms with Crippen molar-refractivity contribution in [3.63, 3.8) is 0 Å². The number of carbonyl (C=O) groups excluding carboxylic acids is 1. The summed E-state index contributed by atoms with van der Waals surface area (Å²) in [6.45, 7) is 0.632. The van der Waals surface area contributed by atoms with Crippen LogP contribution in [0.2, 0.25) is 0 Å². The summed E-state index contributed by atoms with van der Waals surface area (Å²) in [4.78, 5) is 16.2. The standard InChI is InChI=1S/C15H16N4O3S/c1-21-12-5-3-10(7-13(12)22-2)8-17-15(20)14-6-4-11(23-14)9-18-19-16/h3-7H,8-9H2,1-2H3,(H,17,20). The van der Waals surface area contributed by atoms with E-state index in [-0.39, 0.29) is 12.5 Å². The zero-order chi connectivity index (χ0) is 16.7. The summed E-state index contributed by atoms with van der Waals surface area (Å²) in [5.74, 6) is 1.09. The summed E-state index contributed by atoms with van der Waals surface area (Å²) in [5.41, 5.74) is 9.20. The van der Waals surface area contributed by atoms with Crippen LogP contribution in [-0.4, -0.2) is 20.1 Å². The van der Waals surface area contributed by atoms with Crippen LogP contribution < -0.4 is 14.8 Å². The zero-order valence-electron chi connectivity index (χ0n) is 12.8. The summed E-state index contributed by atoms with van der Waals surface area (Å²) >= 11 is 1.31. The Bertz CT molecular complexity index is 738. The number of azide groups is 1. The Morgan fingerprint density at radius 2 is 2.04 bits per heavy atom. The lowest BCUT2D eigenvalue weighted by atomic mass is 10.2. The smallest absolute Gasteiger partial charge is 0.261 e. The fourth-order valence-electron chi connectivity index (χ4n) is 1.95. The van der Waals surface area contributed by atoms with Crippen LogP contribution >= 0.6 is 11.3 Å². The quantitative estimate of drug-likeness (QED) is 0.477. The normalized spacial score (nSPS) is 9.83. The molecule has 0 aliphatic carbocycles. The molecule has 0 aliphatic rings. The molecular weight excluding hydrogens is 316 g/mol. The number of amides is 1. The number of hydrogen-bond donors (Lipinski definition) is 1. The van der Waals surface area contributed by atoms with Gasteiger partial charge in [0.25, 0.3) is 5.91 Å². The van der Waals surface area contributed by atoms with Crippen molar-refractivity contribution in [1.29, 1.82) is 0 Å². The Morgan fingerprint density at radius 3 is 2.74 bits per heavy atom. The molecule has 0 unspecified atom stereocenters. The lowest BCUT2D eigenvalue weighted by Crippen LogP contribution is -2.21. The number of hydrogen-bond acceptors (Lipinski definition) is 5. The van der Waals surface area contributed by atoms with Gasteiger partial charge in [-0.1, -0.05) is 11.2 Å². The first-order valence-electron chi connectivity index (χ1n) is 6.76. The molecule has 1 aromatic heterocycles. The van der Waals surface area contributed by atoms with Crippen LogP contribution in [-0.2, 0) is 13.1 Å². The molecule has 0 bridgehead atoms. The van der Waals surface area contributed by atoms with Gasteiger partial charge in [0.15, 0.2) is 11.5 Å². The number of thiophene rings is 1. The van der Waals surface area contributed by atoms with Crippen LogP contribution in [0.25, 0.3) is 10.4 Å². The summed E-state index contributed by atoms with van der Waals surface area (Å²) < 4.78 is 10.4. The third-order valence-electron chi connectivity index (χ3n) is 3.08. The summed E-state index contributed by atoms with van der Waals surface area (Å²) in [6.07, 6.45) is 0. The van der Waals surface area contributed by atoms with E-state index in [0.717, 1.165) is 10.4 Å². The minimum Gasteiger partial charge on any atom is -0.493 e. The third kappa shape index (κ3) is 4.38. The van der Waals surface area contributed by atoms with Crippen LogP contribution in [0.1, 0.15) is 20.1 Å². The first-order valence-corrected chi connectivity index (χ1v) is 7.58. The van der Waals surface area contributed by atoms with Gasteiger partial charge in [0, 0.05) is 16.3 Å². The van der Waals surface area contributed by atoms with Gasteiger partial charge in [0.05, 0.1) is 25.6 Å². The number of nitrogens with one attached hydrogen (secondary N) is 1. The summed E-state index contributed by atoms with van der Waals surface area (Å²) in [7, 11) is 3.14. The average molecular weight is 332 g/mol. The van der Waals surface area contributed by atoms with E-state index in [1.165, 1.54) is 11.3 Å². The van der Waals surface area contributed by atoms with Gasteiger partial charge >= 0.3 is 0 Å². The molecule has 0 radical (unpaired) electrons. The minimum absolute atomic E-state index is 0.169. The van der Waals surface area contributed by atoms with Crippen LogP contribution in [0.15, 0.2) is 35.4 Å². The van der Waals surface area contributed by atoms with E-state index < -0.39 is 0 Å². The van der Waals surface area contributed by atoms with Crippen molar-refractivity contribution in [1.82, 2.24) is 5.32 Å². The van der Waals surface area contributed by atoms with E-state index in [0.29, 0.717) is 22.9 Å². The van der Waals surface area contributed by atoms with Gasteiger partial charge in [-0.3, -0.25) is 4.79 Å².